The lowest BCUT2D eigenvalue weighted by Gasteiger charge is -2.40. The van der Waals surface area contributed by atoms with Crippen LogP contribution in [0.25, 0.3) is 0 Å². The normalized spacial score (nSPS) is 12.9. The van der Waals surface area contributed by atoms with Gasteiger partial charge in [0.15, 0.2) is 0 Å². The van der Waals surface area contributed by atoms with Crippen LogP contribution in [-0.4, -0.2) is 48.4 Å². The minimum absolute atomic E-state index is 0.0438. The predicted molar refractivity (Wildman–Crippen MR) is 115 cm³/mol. The minimum atomic E-state index is -3.90. The Morgan fingerprint density at radius 1 is 1.03 bits per heavy atom. The van der Waals surface area contributed by atoms with Gasteiger partial charge in [0, 0.05) is 12.0 Å². The van der Waals surface area contributed by atoms with Crippen molar-refractivity contribution in [1.82, 2.24) is 9.62 Å². The van der Waals surface area contributed by atoms with Crippen molar-refractivity contribution in [3.8, 4) is 0 Å². The highest BCUT2D eigenvalue weighted by molar-refractivity contribution is 7.89. The summed E-state index contributed by atoms with van der Waals surface area (Å²) in [4.78, 5) is 26.3. The molecular weight excluding hydrogens is 404 g/mol. The molecule has 2 aromatic carbocycles. The molecule has 0 saturated heterocycles. The highest BCUT2D eigenvalue weighted by Gasteiger charge is 2.37. The number of rotatable bonds is 8. The molecular formula is C22H28N2O5S. The second-order valence-corrected chi connectivity index (χ2v) is 9.88. The largest absolute Gasteiger partial charge is 0.480 e. The average molecular weight is 433 g/mol. The van der Waals surface area contributed by atoms with Crippen molar-refractivity contribution in [2.75, 3.05) is 6.54 Å². The Morgan fingerprint density at radius 2 is 1.60 bits per heavy atom. The highest BCUT2D eigenvalue weighted by Crippen LogP contribution is 2.21. The molecule has 0 aromatic heterocycles. The van der Waals surface area contributed by atoms with Gasteiger partial charge in [-0.25, -0.2) is 17.9 Å². The molecule has 1 atom stereocenters. The second kappa shape index (κ2) is 9.40. The van der Waals surface area contributed by atoms with Crippen molar-refractivity contribution in [1.29, 1.82) is 0 Å². The van der Waals surface area contributed by atoms with E-state index in [0.717, 1.165) is 11.1 Å². The summed E-state index contributed by atoms with van der Waals surface area (Å²) in [6.45, 7) is 6.47. The first-order valence-corrected chi connectivity index (χ1v) is 11.1. The van der Waals surface area contributed by atoms with E-state index in [1.165, 1.54) is 17.0 Å². The molecule has 2 aromatic rings. The van der Waals surface area contributed by atoms with E-state index in [9.17, 15) is 23.1 Å². The quantitative estimate of drug-likeness (QED) is 0.667. The van der Waals surface area contributed by atoms with Gasteiger partial charge in [-0.3, -0.25) is 4.79 Å². The number of hydrogen-bond donors (Lipinski definition) is 2. The van der Waals surface area contributed by atoms with Gasteiger partial charge in [-0.1, -0.05) is 48.0 Å². The molecule has 0 fully saturated rings. The lowest BCUT2D eigenvalue weighted by molar-refractivity contribution is -0.154. The molecule has 0 unspecified atom stereocenters. The maximum atomic E-state index is 13.0. The Labute approximate surface area is 177 Å². The number of amides is 1. The lowest BCUT2D eigenvalue weighted by atomic mass is 9.97. The Morgan fingerprint density at radius 3 is 2.10 bits per heavy atom. The van der Waals surface area contributed by atoms with Crippen molar-refractivity contribution >= 4 is 21.9 Å². The lowest BCUT2D eigenvalue weighted by Crippen LogP contribution is -2.57. The summed E-state index contributed by atoms with van der Waals surface area (Å²) in [5.74, 6) is -1.76. The van der Waals surface area contributed by atoms with Gasteiger partial charge in [0.25, 0.3) is 0 Å². The van der Waals surface area contributed by atoms with Crippen molar-refractivity contribution in [2.24, 2.45) is 0 Å². The van der Waals surface area contributed by atoms with Crippen LogP contribution in [0.2, 0.25) is 0 Å². The molecule has 8 heteroatoms. The van der Waals surface area contributed by atoms with Crippen LogP contribution in [0.15, 0.2) is 59.5 Å². The van der Waals surface area contributed by atoms with Crippen LogP contribution in [0.3, 0.4) is 0 Å². The molecule has 30 heavy (non-hydrogen) atoms. The molecule has 0 aliphatic rings. The molecule has 0 spiro atoms. The maximum Gasteiger partial charge on any atom is 0.326 e. The van der Waals surface area contributed by atoms with Crippen molar-refractivity contribution in [3.63, 3.8) is 0 Å². The minimum Gasteiger partial charge on any atom is -0.480 e. The van der Waals surface area contributed by atoms with Gasteiger partial charge >= 0.3 is 5.97 Å². The van der Waals surface area contributed by atoms with E-state index in [4.69, 9.17) is 0 Å². The van der Waals surface area contributed by atoms with Gasteiger partial charge in [-0.05, 0) is 45.4 Å². The third-order valence-corrected chi connectivity index (χ3v) is 6.02. The maximum absolute atomic E-state index is 13.0. The van der Waals surface area contributed by atoms with E-state index in [2.05, 4.69) is 4.72 Å². The fourth-order valence-electron chi connectivity index (χ4n) is 3.18. The fraction of sp³-hybridized carbons (Fsp3) is 0.364. The van der Waals surface area contributed by atoms with E-state index < -0.39 is 40.0 Å². The topological polar surface area (TPSA) is 104 Å². The van der Waals surface area contributed by atoms with Crippen molar-refractivity contribution < 1.29 is 23.1 Å². The number of hydrogen-bond acceptors (Lipinski definition) is 4. The predicted octanol–water partition coefficient (Wildman–Crippen LogP) is 2.60. The van der Waals surface area contributed by atoms with E-state index in [-0.39, 0.29) is 11.3 Å². The number of carboxylic acids is 1. The zero-order chi connectivity index (χ0) is 22.5. The number of benzene rings is 2. The molecule has 0 aliphatic heterocycles. The number of aryl methyl sites for hydroxylation is 1. The molecule has 2 rings (SSSR count). The van der Waals surface area contributed by atoms with Crippen molar-refractivity contribution in [3.05, 3.63) is 65.7 Å². The molecule has 0 radical (unpaired) electrons. The van der Waals surface area contributed by atoms with Crippen molar-refractivity contribution in [2.45, 2.75) is 50.6 Å². The van der Waals surface area contributed by atoms with E-state index >= 15 is 0 Å². The Bertz CT molecular complexity index is 980. The summed E-state index contributed by atoms with van der Waals surface area (Å²) >= 11 is 0. The third-order valence-electron chi connectivity index (χ3n) is 4.60. The first kappa shape index (κ1) is 23.6. The average Bonchev–Trinajstić information content (AvgIpc) is 2.66. The number of carbonyl (C=O) groups excluding carboxylic acids is 1. The molecule has 0 aliphatic carbocycles. The third kappa shape index (κ3) is 6.14. The van der Waals surface area contributed by atoms with Gasteiger partial charge in [0.05, 0.1) is 11.4 Å². The van der Waals surface area contributed by atoms with Gasteiger partial charge in [-0.2, -0.15) is 0 Å². The Balaban J connectivity index is 2.24. The van der Waals surface area contributed by atoms with E-state index in [1.807, 2.05) is 13.0 Å². The summed E-state index contributed by atoms with van der Waals surface area (Å²) in [5, 5.41) is 9.82. The van der Waals surface area contributed by atoms with Crippen LogP contribution in [0.4, 0.5) is 0 Å². The number of nitrogens with one attached hydrogen (secondary N) is 1. The Kier molecular flexibility index (Phi) is 7.39. The van der Waals surface area contributed by atoms with Gasteiger partial charge in [0.1, 0.15) is 6.04 Å². The van der Waals surface area contributed by atoms with Crippen LogP contribution in [-0.2, 0) is 26.0 Å². The van der Waals surface area contributed by atoms with Crippen LogP contribution in [0, 0.1) is 6.92 Å². The summed E-state index contributed by atoms with van der Waals surface area (Å²) in [6, 6.07) is 14.1. The van der Waals surface area contributed by atoms with Crippen LogP contribution >= 0.6 is 0 Å². The number of carboxylic acid groups (broad SMARTS) is 1. The van der Waals surface area contributed by atoms with E-state index in [0.29, 0.717) is 0 Å². The summed E-state index contributed by atoms with van der Waals surface area (Å²) < 4.78 is 27.3. The van der Waals surface area contributed by atoms with E-state index in [1.54, 1.807) is 57.2 Å². The zero-order valence-corrected chi connectivity index (χ0v) is 18.4. The summed E-state index contributed by atoms with van der Waals surface area (Å²) in [7, 11) is -3.90. The molecule has 0 bridgehead atoms. The fourth-order valence-corrected chi connectivity index (χ4v) is 4.16. The molecule has 7 nitrogen and oxygen atoms in total. The van der Waals surface area contributed by atoms with Gasteiger partial charge < -0.3 is 10.0 Å². The Hall–Kier alpha value is -2.71. The zero-order valence-electron chi connectivity index (χ0n) is 17.6. The van der Waals surface area contributed by atoms with Gasteiger partial charge in [-0.15, -0.1) is 0 Å². The molecule has 162 valence electrons. The molecule has 0 saturated carbocycles. The first-order valence-electron chi connectivity index (χ1n) is 9.57. The smallest absolute Gasteiger partial charge is 0.326 e. The summed E-state index contributed by atoms with van der Waals surface area (Å²) in [5.41, 5.74) is 0.853. The highest BCUT2D eigenvalue weighted by atomic mass is 32.2. The number of carbonyl (C=O) groups is 2. The SMILES string of the molecule is Cc1ccc(S(=O)(=O)NCC(=O)N([C@@H](Cc2ccccc2)C(=O)O)C(C)(C)C)cc1. The van der Waals surface area contributed by atoms with Crippen LogP contribution < -0.4 is 4.72 Å². The number of sulfonamides is 1. The summed E-state index contributed by atoms with van der Waals surface area (Å²) in [6.07, 6.45) is 0.115. The van der Waals surface area contributed by atoms with Gasteiger partial charge in [0.2, 0.25) is 15.9 Å². The van der Waals surface area contributed by atoms with Crippen LogP contribution in [0.5, 0.6) is 0 Å². The standard InChI is InChI=1S/C22H28N2O5S/c1-16-10-12-18(13-11-16)30(28,29)23-15-20(25)24(22(2,3)4)19(21(26)27)14-17-8-6-5-7-9-17/h5-13,19,23H,14-15H2,1-4H3,(H,26,27)/t19-/m0/s1. The molecule has 1 amide bonds. The first-order chi connectivity index (χ1) is 13.9. The molecule has 0 heterocycles. The monoisotopic (exact) mass is 432 g/mol. The number of aliphatic carboxylic acids is 1. The number of nitrogens with zero attached hydrogens (tertiary/aromatic N) is 1. The second-order valence-electron chi connectivity index (χ2n) is 8.12. The van der Waals surface area contributed by atoms with Crippen LogP contribution in [0.1, 0.15) is 31.9 Å². The molecule has 2 N–H and O–H groups in total.